The molecule has 2 rings (SSSR count). The van der Waals surface area contributed by atoms with Gasteiger partial charge in [-0.25, -0.2) is 19.2 Å². The summed E-state index contributed by atoms with van der Waals surface area (Å²) in [6.07, 6.45) is 0. The van der Waals surface area contributed by atoms with Gasteiger partial charge in [-0.15, -0.1) is 11.8 Å². The molecule has 0 aliphatic carbocycles. The SMILES string of the molecule is Cc1cc(Cl)nc(CSc2ccc(F)c(C(=O)O)c2)n1. The molecule has 1 heterocycles. The molecule has 1 aromatic heterocycles. The van der Waals surface area contributed by atoms with E-state index in [-0.39, 0.29) is 5.56 Å². The summed E-state index contributed by atoms with van der Waals surface area (Å²) in [5, 5.41) is 9.22. The summed E-state index contributed by atoms with van der Waals surface area (Å²) >= 11 is 7.15. The smallest absolute Gasteiger partial charge is 0.338 e. The van der Waals surface area contributed by atoms with E-state index in [1.165, 1.54) is 23.9 Å². The molecular weight excluding hydrogens is 303 g/mol. The predicted molar refractivity (Wildman–Crippen MR) is 74.7 cm³/mol. The predicted octanol–water partition coefficient (Wildman–Crippen LogP) is 3.57. The molecule has 0 saturated carbocycles. The third-order valence-electron chi connectivity index (χ3n) is 2.41. The van der Waals surface area contributed by atoms with Crippen molar-refractivity contribution in [1.82, 2.24) is 9.97 Å². The number of carboxylic acids is 1. The Morgan fingerprint density at radius 3 is 2.80 bits per heavy atom. The first-order valence-electron chi connectivity index (χ1n) is 5.61. The van der Waals surface area contributed by atoms with Gasteiger partial charge in [-0.2, -0.15) is 0 Å². The van der Waals surface area contributed by atoms with Crippen LogP contribution in [0, 0.1) is 12.7 Å². The fourth-order valence-corrected chi connectivity index (χ4v) is 2.61. The van der Waals surface area contributed by atoms with E-state index < -0.39 is 11.8 Å². The first-order valence-corrected chi connectivity index (χ1v) is 6.98. The topological polar surface area (TPSA) is 63.1 Å². The lowest BCUT2D eigenvalue weighted by Gasteiger charge is -2.04. The van der Waals surface area contributed by atoms with Gasteiger partial charge in [0.05, 0.1) is 11.3 Å². The standard InChI is InChI=1S/C13H10ClFN2O2S/c1-7-4-11(14)17-12(16-7)6-20-8-2-3-10(15)9(5-8)13(18)19/h2-5H,6H2,1H3,(H,18,19). The number of hydrogen-bond acceptors (Lipinski definition) is 4. The van der Waals surface area contributed by atoms with Crippen LogP contribution < -0.4 is 0 Å². The number of halogens is 2. The molecule has 1 aromatic carbocycles. The Hall–Kier alpha value is -1.66. The summed E-state index contributed by atoms with van der Waals surface area (Å²) in [5.74, 6) is -1.08. The quantitative estimate of drug-likeness (QED) is 0.690. The number of benzene rings is 1. The number of carboxylic acid groups (broad SMARTS) is 1. The lowest BCUT2D eigenvalue weighted by Crippen LogP contribution is -2.00. The molecule has 0 amide bonds. The van der Waals surface area contributed by atoms with E-state index >= 15 is 0 Å². The van der Waals surface area contributed by atoms with Crippen molar-refractivity contribution in [3.63, 3.8) is 0 Å². The maximum atomic E-state index is 13.3. The lowest BCUT2D eigenvalue weighted by atomic mass is 10.2. The van der Waals surface area contributed by atoms with E-state index in [4.69, 9.17) is 16.7 Å². The first-order chi connectivity index (χ1) is 9.45. The minimum atomic E-state index is -1.29. The minimum Gasteiger partial charge on any atom is -0.478 e. The van der Waals surface area contributed by atoms with Gasteiger partial charge in [-0.1, -0.05) is 11.6 Å². The number of aromatic nitrogens is 2. The Bertz CT molecular complexity index is 647. The van der Waals surface area contributed by atoms with E-state index in [0.717, 1.165) is 11.8 Å². The second kappa shape index (κ2) is 6.19. The average Bonchev–Trinajstić information content (AvgIpc) is 2.36. The van der Waals surface area contributed by atoms with Crippen molar-refractivity contribution in [3.8, 4) is 0 Å². The third-order valence-corrected chi connectivity index (χ3v) is 3.59. The third kappa shape index (κ3) is 3.68. The van der Waals surface area contributed by atoms with Crippen molar-refractivity contribution in [1.29, 1.82) is 0 Å². The van der Waals surface area contributed by atoms with E-state index in [0.29, 0.717) is 21.6 Å². The van der Waals surface area contributed by atoms with Gasteiger partial charge in [-0.05, 0) is 31.2 Å². The van der Waals surface area contributed by atoms with Crippen LogP contribution in [0.25, 0.3) is 0 Å². The normalized spacial score (nSPS) is 10.6. The highest BCUT2D eigenvalue weighted by molar-refractivity contribution is 7.98. The largest absolute Gasteiger partial charge is 0.478 e. The van der Waals surface area contributed by atoms with Crippen LogP contribution in [0.2, 0.25) is 5.15 Å². The number of aromatic carboxylic acids is 1. The zero-order valence-corrected chi connectivity index (χ0v) is 12.0. The van der Waals surface area contributed by atoms with E-state index in [1.807, 2.05) is 6.92 Å². The molecule has 0 aliphatic rings. The van der Waals surface area contributed by atoms with Crippen molar-refractivity contribution in [2.24, 2.45) is 0 Å². The fraction of sp³-hybridized carbons (Fsp3) is 0.154. The van der Waals surface area contributed by atoms with Crippen LogP contribution in [0.15, 0.2) is 29.2 Å². The molecule has 0 unspecified atom stereocenters. The van der Waals surface area contributed by atoms with E-state index in [9.17, 15) is 9.18 Å². The Morgan fingerprint density at radius 1 is 1.40 bits per heavy atom. The van der Waals surface area contributed by atoms with Crippen LogP contribution in [0.3, 0.4) is 0 Å². The van der Waals surface area contributed by atoms with Gasteiger partial charge in [0.15, 0.2) is 0 Å². The van der Waals surface area contributed by atoms with Crippen LogP contribution in [-0.2, 0) is 5.75 Å². The number of rotatable bonds is 4. The van der Waals surface area contributed by atoms with Gasteiger partial charge in [0, 0.05) is 10.6 Å². The van der Waals surface area contributed by atoms with Crippen LogP contribution in [0.1, 0.15) is 21.9 Å². The maximum absolute atomic E-state index is 13.3. The first kappa shape index (κ1) is 14.7. The summed E-state index contributed by atoms with van der Waals surface area (Å²) < 4.78 is 13.3. The van der Waals surface area contributed by atoms with E-state index in [2.05, 4.69) is 9.97 Å². The molecule has 20 heavy (non-hydrogen) atoms. The molecule has 0 radical (unpaired) electrons. The molecule has 7 heteroatoms. The molecule has 0 aliphatic heterocycles. The molecular formula is C13H10ClFN2O2S. The molecule has 0 bridgehead atoms. The highest BCUT2D eigenvalue weighted by atomic mass is 35.5. The van der Waals surface area contributed by atoms with Gasteiger partial charge >= 0.3 is 5.97 Å². The Morgan fingerprint density at radius 2 is 2.15 bits per heavy atom. The Kier molecular flexibility index (Phi) is 4.57. The second-order valence-electron chi connectivity index (χ2n) is 3.98. The molecule has 104 valence electrons. The molecule has 1 N–H and O–H groups in total. The molecule has 0 atom stereocenters. The monoisotopic (exact) mass is 312 g/mol. The van der Waals surface area contributed by atoms with Crippen molar-refractivity contribution in [2.75, 3.05) is 0 Å². The maximum Gasteiger partial charge on any atom is 0.338 e. The summed E-state index contributed by atoms with van der Waals surface area (Å²) in [6.45, 7) is 1.81. The summed E-state index contributed by atoms with van der Waals surface area (Å²) in [6, 6.07) is 5.59. The van der Waals surface area contributed by atoms with Crippen LogP contribution in [-0.4, -0.2) is 21.0 Å². The van der Waals surface area contributed by atoms with Gasteiger partial charge in [-0.3, -0.25) is 0 Å². The second-order valence-corrected chi connectivity index (χ2v) is 5.42. The van der Waals surface area contributed by atoms with E-state index in [1.54, 1.807) is 6.07 Å². The zero-order chi connectivity index (χ0) is 14.7. The van der Waals surface area contributed by atoms with Gasteiger partial charge in [0.1, 0.15) is 16.8 Å². The summed E-state index contributed by atoms with van der Waals surface area (Å²) in [5.41, 5.74) is 0.407. The molecule has 2 aromatic rings. The van der Waals surface area contributed by atoms with Crippen LogP contribution >= 0.6 is 23.4 Å². The van der Waals surface area contributed by atoms with Crippen molar-refractivity contribution >= 4 is 29.3 Å². The molecule has 0 fully saturated rings. The zero-order valence-electron chi connectivity index (χ0n) is 10.4. The number of hydrogen-bond donors (Lipinski definition) is 1. The van der Waals surface area contributed by atoms with Gasteiger partial charge in [0.2, 0.25) is 0 Å². The minimum absolute atomic E-state index is 0.349. The molecule has 0 saturated heterocycles. The number of aryl methyl sites for hydroxylation is 1. The Balaban J connectivity index is 2.14. The van der Waals surface area contributed by atoms with Crippen LogP contribution in [0.4, 0.5) is 4.39 Å². The van der Waals surface area contributed by atoms with Crippen LogP contribution in [0.5, 0.6) is 0 Å². The fourth-order valence-electron chi connectivity index (χ4n) is 1.56. The van der Waals surface area contributed by atoms with Gasteiger partial charge < -0.3 is 5.11 Å². The van der Waals surface area contributed by atoms with Crippen molar-refractivity contribution < 1.29 is 14.3 Å². The van der Waals surface area contributed by atoms with Crippen molar-refractivity contribution in [3.05, 3.63) is 52.3 Å². The Labute approximate surface area is 124 Å². The highest BCUT2D eigenvalue weighted by Crippen LogP contribution is 2.24. The number of nitrogens with zero attached hydrogens (tertiary/aromatic N) is 2. The summed E-state index contributed by atoms with van der Waals surface area (Å²) in [7, 11) is 0. The van der Waals surface area contributed by atoms with Gasteiger partial charge in [0.25, 0.3) is 0 Å². The summed E-state index contributed by atoms with van der Waals surface area (Å²) in [4.78, 5) is 19.8. The highest BCUT2D eigenvalue weighted by Gasteiger charge is 2.11. The molecule has 0 spiro atoms. The number of carbonyl (C=O) groups is 1. The number of thioether (sulfide) groups is 1. The van der Waals surface area contributed by atoms with Crippen molar-refractivity contribution in [2.45, 2.75) is 17.6 Å². The average molecular weight is 313 g/mol. The lowest BCUT2D eigenvalue weighted by molar-refractivity contribution is 0.0691. The molecule has 4 nitrogen and oxygen atoms in total.